The molecule has 246 valence electrons. The number of thiophene rings is 1. The highest BCUT2D eigenvalue weighted by atomic mass is 35.5. The number of hydrogen-bond donors (Lipinski definition) is 1. The number of anilines is 1. The molecule has 1 N–H and O–H groups in total. The van der Waals surface area contributed by atoms with E-state index in [1.54, 1.807) is 42.1 Å². The average Bonchev–Trinajstić information content (AvgIpc) is 3.72. The molecule has 14 heteroatoms. The summed E-state index contributed by atoms with van der Waals surface area (Å²) in [6, 6.07) is 11.5. The van der Waals surface area contributed by atoms with E-state index in [1.165, 1.54) is 40.6 Å². The van der Waals surface area contributed by atoms with Gasteiger partial charge in [-0.2, -0.15) is 5.10 Å². The lowest BCUT2D eigenvalue weighted by molar-refractivity contribution is -0.129. The lowest BCUT2D eigenvalue weighted by Gasteiger charge is -2.47. The Bertz CT molecular complexity index is 2400. The van der Waals surface area contributed by atoms with Gasteiger partial charge >= 0.3 is 11.4 Å². The number of methoxy groups -OCH3 is 1. The summed E-state index contributed by atoms with van der Waals surface area (Å²) in [4.78, 5) is 58.1. The number of aromatic nitrogens is 5. The number of phenols is 1. The minimum atomic E-state index is -1.31. The minimum Gasteiger partial charge on any atom is -0.508 e. The molecule has 48 heavy (non-hydrogen) atoms. The first-order chi connectivity index (χ1) is 22.9. The van der Waals surface area contributed by atoms with Crippen LogP contribution in [0.1, 0.15) is 36.4 Å². The second-order valence-electron chi connectivity index (χ2n) is 12.9. The number of amides is 2. The molecule has 8 rings (SSSR count). The lowest BCUT2D eigenvalue weighted by atomic mass is 9.56. The van der Waals surface area contributed by atoms with Crippen molar-refractivity contribution in [2.75, 3.05) is 12.0 Å². The molecule has 2 fully saturated rings. The average molecular weight is 687 g/mol. The molecule has 1 saturated heterocycles. The van der Waals surface area contributed by atoms with Gasteiger partial charge in [-0.3, -0.25) is 14.3 Å². The molecule has 0 spiro atoms. The highest BCUT2D eigenvalue weighted by Gasteiger charge is 2.66. The molecule has 1 aliphatic carbocycles. The van der Waals surface area contributed by atoms with Crippen molar-refractivity contribution < 1.29 is 19.4 Å². The number of rotatable bonds is 4. The van der Waals surface area contributed by atoms with Gasteiger partial charge in [-0.25, -0.2) is 28.4 Å². The van der Waals surface area contributed by atoms with Crippen LogP contribution < -0.4 is 21.0 Å². The van der Waals surface area contributed by atoms with Crippen LogP contribution >= 0.6 is 22.9 Å². The number of aryl methyl sites for hydroxylation is 2. The van der Waals surface area contributed by atoms with Crippen molar-refractivity contribution in [1.82, 2.24) is 23.7 Å². The van der Waals surface area contributed by atoms with Crippen LogP contribution in [0, 0.1) is 18.3 Å². The van der Waals surface area contributed by atoms with Gasteiger partial charge in [-0.15, -0.1) is 11.3 Å². The Hall–Kier alpha value is -4.88. The van der Waals surface area contributed by atoms with Gasteiger partial charge in [0.15, 0.2) is 0 Å². The summed E-state index contributed by atoms with van der Waals surface area (Å²) in [6.07, 6.45) is 2.01. The summed E-state index contributed by atoms with van der Waals surface area (Å²) in [6.45, 7) is 3.91. The van der Waals surface area contributed by atoms with E-state index >= 15 is 0 Å². The van der Waals surface area contributed by atoms with E-state index in [0.29, 0.717) is 27.8 Å². The van der Waals surface area contributed by atoms with E-state index in [4.69, 9.17) is 21.4 Å². The van der Waals surface area contributed by atoms with Crippen LogP contribution in [-0.4, -0.2) is 47.7 Å². The summed E-state index contributed by atoms with van der Waals surface area (Å²) >= 11 is 7.84. The Kier molecular flexibility index (Phi) is 6.54. The van der Waals surface area contributed by atoms with Crippen LogP contribution in [0.3, 0.4) is 0 Å². The van der Waals surface area contributed by atoms with Crippen LogP contribution in [-0.2, 0) is 30.2 Å². The summed E-state index contributed by atoms with van der Waals surface area (Å²) in [7, 11) is 4.60. The maximum Gasteiger partial charge on any atom is 0.347 e. The highest BCUT2D eigenvalue weighted by Crippen LogP contribution is 2.62. The Morgan fingerprint density at radius 3 is 2.58 bits per heavy atom. The molecule has 0 radical (unpaired) electrons. The number of phenolic OH excluding ortho intramolecular Hbond substituents is 1. The maximum atomic E-state index is 14.9. The number of imide groups is 1. The van der Waals surface area contributed by atoms with Crippen LogP contribution in [0.25, 0.3) is 20.7 Å². The Labute approximate surface area is 282 Å². The second kappa shape index (κ2) is 10.3. The SMILES string of the molecule is COc1cc(O)ccc1C1C2=CCn3c(=O)n(C)c(=O)n3C2CC2C(=O)N(c3cc(-c4sc5ccc(Cl)cc5c4C)nn3C)C(=O)C21C. The fourth-order valence-corrected chi connectivity index (χ4v) is 9.42. The number of nitrogens with zero attached hydrogens (tertiary/aromatic N) is 6. The Morgan fingerprint density at radius 1 is 1.06 bits per heavy atom. The standard InChI is InChI=1S/C34H31ClN6O6S/c1-16-21-12-17(35)6-9-26(21)48-29(16)23-15-27(38(4)36-23)40-30(43)22-14-24-19(10-11-39-32(45)37(3)33(46)41(24)39)28(34(22,2)31(40)44)20-8-7-18(42)13-25(20)47-5/h6-10,12-13,15,22,24,28,42H,11,14H2,1-5H3. The van der Waals surface area contributed by atoms with Crippen molar-refractivity contribution in [3.05, 3.63) is 91.2 Å². The predicted molar refractivity (Wildman–Crippen MR) is 181 cm³/mol. The molecule has 12 nitrogen and oxygen atoms in total. The zero-order chi connectivity index (χ0) is 34.0. The molecule has 3 aromatic heterocycles. The fourth-order valence-electron chi connectivity index (χ4n) is 8.10. The first-order valence-electron chi connectivity index (χ1n) is 15.4. The number of carbonyl (C=O) groups excluding carboxylic acids is 2. The lowest BCUT2D eigenvalue weighted by Crippen LogP contribution is -2.49. The first-order valence-corrected chi connectivity index (χ1v) is 16.6. The van der Waals surface area contributed by atoms with E-state index in [1.807, 2.05) is 31.2 Å². The van der Waals surface area contributed by atoms with E-state index in [-0.39, 0.29) is 18.7 Å². The summed E-state index contributed by atoms with van der Waals surface area (Å²) < 4.78 is 12.1. The number of fused-ring (bicyclic) bond motifs is 5. The third kappa shape index (κ3) is 3.91. The molecule has 2 amide bonds. The van der Waals surface area contributed by atoms with Gasteiger partial charge in [0.05, 0.1) is 35.9 Å². The first kappa shape index (κ1) is 30.5. The molecule has 1 saturated carbocycles. The monoisotopic (exact) mass is 686 g/mol. The molecule has 0 bridgehead atoms. The number of aromatic hydroxyl groups is 1. The Balaban J connectivity index is 1.30. The van der Waals surface area contributed by atoms with Gasteiger partial charge < -0.3 is 9.84 Å². The smallest absolute Gasteiger partial charge is 0.347 e. The van der Waals surface area contributed by atoms with Crippen LogP contribution in [0.2, 0.25) is 5.02 Å². The summed E-state index contributed by atoms with van der Waals surface area (Å²) in [5, 5.41) is 16.7. The molecule has 2 aromatic carbocycles. The van der Waals surface area contributed by atoms with Gasteiger partial charge in [0.1, 0.15) is 23.0 Å². The van der Waals surface area contributed by atoms with Crippen molar-refractivity contribution in [2.45, 2.75) is 38.8 Å². The van der Waals surface area contributed by atoms with Crippen LogP contribution in [0.5, 0.6) is 11.5 Å². The van der Waals surface area contributed by atoms with Gasteiger partial charge in [0, 0.05) is 47.4 Å². The maximum absolute atomic E-state index is 14.9. The Morgan fingerprint density at radius 2 is 1.83 bits per heavy atom. The van der Waals surface area contributed by atoms with Crippen molar-refractivity contribution >= 4 is 50.7 Å². The van der Waals surface area contributed by atoms with Crippen molar-refractivity contribution in [3.8, 4) is 22.1 Å². The molecular formula is C34H31ClN6O6S. The molecule has 4 unspecified atom stereocenters. The van der Waals surface area contributed by atoms with Crippen LogP contribution in [0.4, 0.5) is 5.82 Å². The van der Waals surface area contributed by atoms with Gasteiger partial charge in [-0.1, -0.05) is 23.7 Å². The predicted octanol–water partition coefficient (Wildman–Crippen LogP) is 4.50. The molecular weight excluding hydrogens is 656 g/mol. The molecule has 3 aliphatic rings. The van der Waals surface area contributed by atoms with Gasteiger partial charge in [0.2, 0.25) is 11.8 Å². The minimum absolute atomic E-state index is 0.0212. The summed E-state index contributed by atoms with van der Waals surface area (Å²) in [5.74, 6) is -1.77. The quantitative estimate of drug-likeness (QED) is 0.217. The van der Waals surface area contributed by atoms with Gasteiger partial charge in [-0.05, 0) is 61.1 Å². The number of halogens is 1. The normalized spacial score (nSPS) is 23.3. The van der Waals surface area contributed by atoms with Gasteiger partial charge in [0.25, 0.3) is 0 Å². The third-order valence-corrected chi connectivity index (χ3v) is 12.0. The topological polar surface area (TPSA) is 134 Å². The zero-order valence-corrected chi connectivity index (χ0v) is 28.3. The summed E-state index contributed by atoms with van der Waals surface area (Å²) in [5.41, 5.74) is 0.678. The van der Waals surface area contributed by atoms with E-state index in [0.717, 1.165) is 30.7 Å². The highest BCUT2D eigenvalue weighted by molar-refractivity contribution is 7.22. The third-order valence-electron chi connectivity index (χ3n) is 10.5. The van der Waals surface area contributed by atoms with Crippen molar-refractivity contribution in [1.29, 1.82) is 0 Å². The number of allylic oxidation sites excluding steroid dienone is 2. The van der Waals surface area contributed by atoms with E-state index in [2.05, 4.69) is 0 Å². The molecule has 5 aromatic rings. The van der Waals surface area contributed by atoms with E-state index in [9.17, 15) is 24.3 Å². The largest absolute Gasteiger partial charge is 0.508 e. The van der Waals surface area contributed by atoms with Crippen molar-refractivity contribution in [3.63, 3.8) is 0 Å². The molecule has 5 heterocycles. The zero-order valence-electron chi connectivity index (χ0n) is 26.7. The number of benzene rings is 2. The molecule has 4 atom stereocenters. The van der Waals surface area contributed by atoms with Crippen molar-refractivity contribution in [2.24, 2.45) is 25.4 Å². The molecule has 2 aliphatic heterocycles. The van der Waals surface area contributed by atoms with E-state index < -0.39 is 46.5 Å². The fraction of sp³-hybridized carbons (Fsp3) is 0.324. The number of carbonyl (C=O) groups is 2. The number of ether oxygens (including phenoxy) is 1. The number of hydrogen-bond acceptors (Lipinski definition) is 8. The van der Waals surface area contributed by atoms with Crippen LogP contribution in [0.15, 0.2) is 63.7 Å². The second-order valence-corrected chi connectivity index (χ2v) is 14.4.